The number of hydrogen-bond acceptors (Lipinski definition) is 4. The normalized spacial score (nSPS) is 16.1. The van der Waals surface area contributed by atoms with Crippen molar-refractivity contribution in [3.8, 4) is 0 Å². The Kier molecular flexibility index (Phi) is 4.94. The van der Waals surface area contributed by atoms with E-state index in [4.69, 9.17) is 9.84 Å². The van der Waals surface area contributed by atoms with E-state index < -0.39 is 29.0 Å². The Balaban J connectivity index is 1.95. The maximum atomic E-state index is 14.4. The molecule has 6 nitrogen and oxygen atoms in total. The van der Waals surface area contributed by atoms with E-state index in [0.717, 1.165) is 18.2 Å². The van der Waals surface area contributed by atoms with Crippen LogP contribution in [0.4, 0.5) is 8.78 Å². The summed E-state index contributed by atoms with van der Waals surface area (Å²) in [5.41, 5.74) is -1.11. The summed E-state index contributed by atoms with van der Waals surface area (Å²) in [6.45, 7) is 0.583. The Hall–Kier alpha value is -2.87. The summed E-state index contributed by atoms with van der Waals surface area (Å²) in [6.07, 6.45) is 1.80. The van der Waals surface area contributed by atoms with Gasteiger partial charge in [0, 0.05) is 31.0 Å². The summed E-state index contributed by atoms with van der Waals surface area (Å²) in [4.78, 5) is 27.6. The molecular weight excluding hydrogens is 346 g/mol. The Labute approximate surface area is 147 Å². The lowest BCUT2D eigenvalue weighted by molar-refractivity contribution is 0.0331. The number of benzene rings is 1. The van der Waals surface area contributed by atoms with E-state index in [-0.39, 0.29) is 16.8 Å². The molecular formula is C18H16F2N2O4. The molecule has 0 atom stereocenters. The highest BCUT2D eigenvalue weighted by atomic mass is 19.1. The van der Waals surface area contributed by atoms with E-state index in [1.165, 1.54) is 18.3 Å². The summed E-state index contributed by atoms with van der Waals surface area (Å²) in [7, 11) is 0. The highest BCUT2D eigenvalue weighted by Gasteiger charge is 2.38. The number of carbonyl (C=O) groups is 2. The highest BCUT2D eigenvalue weighted by Crippen LogP contribution is 2.34. The molecule has 0 spiro atoms. The van der Waals surface area contributed by atoms with Gasteiger partial charge < -0.3 is 15.2 Å². The first-order valence-electron chi connectivity index (χ1n) is 7.96. The zero-order chi connectivity index (χ0) is 18.7. The number of halogens is 2. The Bertz CT molecular complexity index is 851. The van der Waals surface area contributed by atoms with Crippen molar-refractivity contribution in [1.82, 2.24) is 10.3 Å². The fourth-order valence-electron chi connectivity index (χ4n) is 3.03. The first-order chi connectivity index (χ1) is 12.4. The highest BCUT2D eigenvalue weighted by molar-refractivity contribution is 5.96. The minimum absolute atomic E-state index is 0.0841. The second-order valence-electron chi connectivity index (χ2n) is 6.01. The molecule has 0 radical (unpaired) electrons. The molecule has 1 aromatic heterocycles. The number of aromatic carboxylic acids is 1. The third kappa shape index (κ3) is 3.55. The average Bonchev–Trinajstić information content (AvgIpc) is 2.62. The molecule has 26 heavy (non-hydrogen) atoms. The number of pyridine rings is 1. The standard InChI is InChI=1S/C18H16F2N2O4/c19-12-1-2-13(14(20)10-12)18(4-7-26-8-5-18)22-16(23)15-9-11(17(24)25)3-6-21-15/h1-3,6,9-10H,4-5,7-8H2,(H,22,23)(H,24,25). The summed E-state index contributed by atoms with van der Waals surface area (Å²) in [5, 5.41) is 11.8. The van der Waals surface area contributed by atoms with Crippen molar-refractivity contribution in [3.63, 3.8) is 0 Å². The molecule has 1 aromatic carbocycles. The van der Waals surface area contributed by atoms with Crippen molar-refractivity contribution in [2.24, 2.45) is 0 Å². The topological polar surface area (TPSA) is 88.5 Å². The zero-order valence-corrected chi connectivity index (χ0v) is 13.7. The van der Waals surface area contributed by atoms with Crippen molar-refractivity contribution in [1.29, 1.82) is 0 Å². The Morgan fingerprint density at radius 3 is 2.54 bits per heavy atom. The third-order valence-electron chi connectivity index (χ3n) is 4.39. The van der Waals surface area contributed by atoms with Crippen LogP contribution in [-0.2, 0) is 10.3 Å². The number of hydrogen-bond donors (Lipinski definition) is 2. The fraction of sp³-hybridized carbons (Fsp3) is 0.278. The molecule has 1 aliphatic heterocycles. The van der Waals surface area contributed by atoms with Crippen molar-refractivity contribution in [2.45, 2.75) is 18.4 Å². The van der Waals surface area contributed by atoms with Gasteiger partial charge in [0.15, 0.2) is 0 Å². The molecule has 136 valence electrons. The van der Waals surface area contributed by atoms with Gasteiger partial charge in [-0.15, -0.1) is 0 Å². The molecule has 0 unspecified atom stereocenters. The van der Waals surface area contributed by atoms with Crippen molar-refractivity contribution < 1.29 is 28.2 Å². The monoisotopic (exact) mass is 362 g/mol. The Morgan fingerprint density at radius 2 is 1.88 bits per heavy atom. The minimum Gasteiger partial charge on any atom is -0.478 e. The summed E-state index contributed by atoms with van der Waals surface area (Å²) >= 11 is 0. The second kappa shape index (κ2) is 7.17. The van der Waals surface area contributed by atoms with Gasteiger partial charge in [0.05, 0.1) is 11.1 Å². The molecule has 1 saturated heterocycles. The number of nitrogens with one attached hydrogen (secondary N) is 1. The van der Waals surface area contributed by atoms with Crippen molar-refractivity contribution in [2.75, 3.05) is 13.2 Å². The van der Waals surface area contributed by atoms with E-state index in [2.05, 4.69) is 10.3 Å². The van der Waals surface area contributed by atoms with Crippen LogP contribution in [-0.4, -0.2) is 35.2 Å². The third-order valence-corrected chi connectivity index (χ3v) is 4.39. The van der Waals surface area contributed by atoms with E-state index >= 15 is 0 Å². The first-order valence-corrected chi connectivity index (χ1v) is 7.96. The molecule has 1 amide bonds. The van der Waals surface area contributed by atoms with Gasteiger partial charge in [-0.2, -0.15) is 0 Å². The van der Waals surface area contributed by atoms with Crippen LogP contribution in [0.5, 0.6) is 0 Å². The number of amides is 1. The molecule has 3 rings (SSSR count). The lowest BCUT2D eigenvalue weighted by atomic mass is 9.82. The van der Waals surface area contributed by atoms with Gasteiger partial charge in [-0.1, -0.05) is 6.07 Å². The largest absolute Gasteiger partial charge is 0.478 e. The van der Waals surface area contributed by atoms with Gasteiger partial charge in [-0.25, -0.2) is 13.6 Å². The van der Waals surface area contributed by atoms with Crippen LogP contribution in [0.1, 0.15) is 39.3 Å². The second-order valence-corrected chi connectivity index (χ2v) is 6.01. The van der Waals surface area contributed by atoms with Gasteiger partial charge in [0.2, 0.25) is 0 Å². The van der Waals surface area contributed by atoms with Crippen LogP contribution in [0, 0.1) is 11.6 Å². The quantitative estimate of drug-likeness (QED) is 0.872. The maximum Gasteiger partial charge on any atom is 0.335 e. The molecule has 0 aliphatic carbocycles. The number of nitrogens with zero attached hydrogens (tertiary/aromatic N) is 1. The van der Waals surface area contributed by atoms with E-state index in [9.17, 15) is 18.4 Å². The maximum absolute atomic E-state index is 14.4. The number of carbonyl (C=O) groups excluding carboxylic acids is 1. The smallest absolute Gasteiger partial charge is 0.335 e. The Morgan fingerprint density at radius 1 is 1.15 bits per heavy atom. The number of ether oxygens (including phenoxy) is 1. The van der Waals surface area contributed by atoms with E-state index in [1.807, 2.05) is 0 Å². The van der Waals surface area contributed by atoms with Crippen LogP contribution in [0.3, 0.4) is 0 Å². The van der Waals surface area contributed by atoms with Gasteiger partial charge in [0.25, 0.3) is 5.91 Å². The molecule has 1 aliphatic rings. The van der Waals surface area contributed by atoms with Gasteiger partial charge >= 0.3 is 5.97 Å². The van der Waals surface area contributed by atoms with Gasteiger partial charge in [-0.05, 0) is 31.0 Å². The van der Waals surface area contributed by atoms with E-state index in [0.29, 0.717) is 26.1 Å². The summed E-state index contributed by atoms with van der Waals surface area (Å²) in [5.74, 6) is -3.31. The van der Waals surface area contributed by atoms with Crippen LogP contribution in [0.2, 0.25) is 0 Å². The SMILES string of the molecule is O=C(O)c1ccnc(C(=O)NC2(c3ccc(F)cc3F)CCOCC2)c1. The van der Waals surface area contributed by atoms with Gasteiger partial charge in [0.1, 0.15) is 17.3 Å². The van der Waals surface area contributed by atoms with E-state index in [1.54, 1.807) is 0 Å². The predicted octanol–water partition coefficient (Wildman–Crippen LogP) is 2.49. The molecule has 1 fully saturated rings. The number of carboxylic acids is 1. The van der Waals surface area contributed by atoms with Crippen LogP contribution < -0.4 is 5.32 Å². The lowest BCUT2D eigenvalue weighted by Crippen LogP contribution is -2.50. The average molecular weight is 362 g/mol. The minimum atomic E-state index is -1.19. The zero-order valence-electron chi connectivity index (χ0n) is 13.7. The molecule has 2 aromatic rings. The fourth-order valence-corrected chi connectivity index (χ4v) is 3.03. The molecule has 0 bridgehead atoms. The van der Waals surface area contributed by atoms with Crippen LogP contribution in [0.15, 0.2) is 36.5 Å². The predicted molar refractivity (Wildman–Crippen MR) is 86.8 cm³/mol. The molecule has 8 heteroatoms. The van der Waals surface area contributed by atoms with Crippen LogP contribution >= 0.6 is 0 Å². The molecule has 2 N–H and O–H groups in total. The number of carboxylic acid groups (broad SMARTS) is 1. The lowest BCUT2D eigenvalue weighted by Gasteiger charge is -2.38. The molecule has 0 saturated carbocycles. The van der Waals surface area contributed by atoms with Crippen molar-refractivity contribution >= 4 is 11.9 Å². The van der Waals surface area contributed by atoms with Gasteiger partial charge in [-0.3, -0.25) is 9.78 Å². The van der Waals surface area contributed by atoms with Crippen LogP contribution in [0.25, 0.3) is 0 Å². The van der Waals surface area contributed by atoms with Crippen molar-refractivity contribution in [3.05, 3.63) is 65.0 Å². The summed E-state index contributed by atoms with van der Waals surface area (Å²) < 4.78 is 33.0. The summed E-state index contributed by atoms with van der Waals surface area (Å²) in [6, 6.07) is 5.61. The number of aromatic nitrogens is 1. The molecule has 2 heterocycles. The number of rotatable bonds is 4. The first kappa shape index (κ1) is 17.9.